The summed E-state index contributed by atoms with van der Waals surface area (Å²) in [6.45, 7) is 2.72. The second kappa shape index (κ2) is 6.20. The van der Waals surface area contributed by atoms with E-state index in [1.165, 1.54) is 0 Å². The zero-order valence-corrected chi connectivity index (χ0v) is 11.6. The van der Waals surface area contributed by atoms with Crippen LogP contribution in [0.1, 0.15) is 43.0 Å². The molecule has 1 fully saturated rings. The lowest BCUT2D eigenvalue weighted by molar-refractivity contribution is 0.0937. The van der Waals surface area contributed by atoms with Crippen LogP contribution in [0.5, 0.6) is 0 Å². The average molecular weight is 282 g/mol. The number of rotatable bonds is 3. The van der Waals surface area contributed by atoms with Crippen LogP contribution in [0.3, 0.4) is 0 Å². The Balaban J connectivity index is 1.95. The van der Waals surface area contributed by atoms with Gasteiger partial charge in [0.2, 0.25) is 0 Å². The van der Waals surface area contributed by atoms with Crippen molar-refractivity contribution >= 4 is 11.6 Å². The summed E-state index contributed by atoms with van der Waals surface area (Å²) in [6, 6.07) is 1.75. The Hall–Kier alpha value is -1.65. The van der Waals surface area contributed by atoms with Gasteiger partial charge in [0.15, 0.2) is 5.82 Å². The van der Waals surface area contributed by atoms with Crippen molar-refractivity contribution in [1.29, 1.82) is 0 Å². The van der Waals surface area contributed by atoms with Gasteiger partial charge in [0.1, 0.15) is 5.82 Å². The molecule has 0 heterocycles. The number of nitrogens with one attached hydrogen (secondary N) is 1. The molecular formula is C15H20F2N2O. The number of benzene rings is 1. The van der Waals surface area contributed by atoms with Gasteiger partial charge in [0, 0.05) is 6.54 Å². The van der Waals surface area contributed by atoms with E-state index >= 15 is 0 Å². The molecule has 110 valence electrons. The predicted molar refractivity (Wildman–Crippen MR) is 74.2 cm³/mol. The van der Waals surface area contributed by atoms with Crippen LogP contribution in [0.2, 0.25) is 0 Å². The lowest BCUT2D eigenvalue weighted by Gasteiger charge is -2.26. The molecule has 0 spiro atoms. The van der Waals surface area contributed by atoms with Crippen LogP contribution in [0.15, 0.2) is 12.1 Å². The fourth-order valence-corrected chi connectivity index (χ4v) is 2.64. The van der Waals surface area contributed by atoms with Crippen molar-refractivity contribution in [2.75, 3.05) is 12.3 Å². The molecule has 1 aromatic carbocycles. The highest BCUT2D eigenvalue weighted by Gasteiger charge is 2.20. The Morgan fingerprint density at radius 1 is 1.30 bits per heavy atom. The molecule has 5 heteroatoms. The number of hydrogen-bond acceptors (Lipinski definition) is 2. The summed E-state index contributed by atoms with van der Waals surface area (Å²) in [5, 5.41) is 2.68. The van der Waals surface area contributed by atoms with E-state index in [1.807, 2.05) is 0 Å². The van der Waals surface area contributed by atoms with E-state index in [9.17, 15) is 13.6 Å². The van der Waals surface area contributed by atoms with Crippen LogP contribution >= 0.6 is 0 Å². The molecule has 0 bridgehead atoms. The number of nitrogens with two attached hydrogens (primary N) is 1. The highest BCUT2D eigenvalue weighted by atomic mass is 19.1. The summed E-state index contributed by atoms with van der Waals surface area (Å²) in [5.41, 5.74) is 4.65. The third-order valence-corrected chi connectivity index (χ3v) is 4.00. The van der Waals surface area contributed by atoms with Gasteiger partial charge in [0.05, 0.1) is 11.3 Å². The van der Waals surface area contributed by atoms with Crippen LogP contribution in [0.25, 0.3) is 0 Å². The van der Waals surface area contributed by atoms with Crippen molar-refractivity contribution in [2.24, 2.45) is 11.8 Å². The number of nitrogen functional groups attached to an aromatic ring is 1. The molecule has 0 aromatic heterocycles. The van der Waals surface area contributed by atoms with E-state index in [2.05, 4.69) is 12.2 Å². The van der Waals surface area contributed by atoms with Crippen molar-refractivity contribution in [3.8, 4) is 0 Å². The van der Waals surface area contributed by atoms with Crippen molar-refractivity contribution in [2.45, 2.75) is 32.6 Å². The van der Waals surface area contributed by atoms with Gasteiger partial charge in [-0.1, -0.05) is 19.8 Å². The average Bonchev–Trinajstić information content (AvgIpc) is 2.42. The number of amides is 1. The quantitative estimate of drug-likeness (QED) is 0.837. The zero-order chi connectivity index (χ0) is 14.7. The molecule has 0 atom stereocenters. The lowest BCUT2D eigenvalue weighted by atomic mass is 9.83. The molecule has 1 aliphatic rings. The van der Waals surface area contributed by atoms with Gasteiger partial charge in [-0.15, -0.1) is 0 Å². The van der Waals surface area contributed by atoms with E-state index in [0.717, 1.165) is 43.7 Å². The Kier molecular flexibility index (Phi) is 4.57. The zero-order valence-electron chi connectivity index (χ0n) is 11.6. The molecular weight excluding hydrogens is 262 g/mol. The molecule has 1 saturated carbocycles. The minimum absolute atomic E-state index is 0.327. The lowest BCUT2D eigenvalue weighted by Crippen LogP contribution is -2.31. The fourth-order valence-electron chi connectivity index (χ4n) is 2.64. The van der Waals surface area contributed by atoms with Gasteiger partial charge in [-0.05, 0) is 36.8 Å². The van der Waals surface area contributed by atoms with Gasteiger partial charge in [0.25, 0.3) is 5.91 Å². The summed E-state index contributed by atoms with van der Waals surface area (Å²) in [5.74, 6) is -1.01. The van der Waals surface area contributed by atoms with Gasteiger partial charge in [-0.25, -0.2) is 8.78 Å². The standard InChI is InChI=1S/C15H20F2N2O/c1-9-2-4-10(5-3-9)8-19-15(20)12-6-11(16)7-13(18)14(12)17/h6-7,9-10H,2-5,8,18H2,1H3,(H,19,20). The summed E-state index contributed by atoms with van der Waals surface area (Å²) in [6.07, 6.45) is 4.44. The van der Waals surface area contributed by atoms with Crippen LogP contribution in [-0.4, -0.2) is 12.5 Å². The van der Waals surface area contributed by atoms with Crippen molar-refractivity contribution in [3.63, 3.8) is 0 Å². The Bertz CT molecular complexity index is 497. The topological polar surface area (TPSA) is 55.1 Å². The van der Waals surface area contributed by atoms with Crippen LogP contribution in [0, 0.1) is 23.5 Å². The first-order chi connectivity index (χ1) is 9.47. The van der Waals surface area contributed by atoms with Crippen molar-refractivity contribution in [1.82, 2.24) is 5.32 Å². The molecule has 3 N–H and O–H groups in total. The van der Waals surface area contributed by atoms with E-state index in [0.29, 0.717) is 12.5 Å². The summed E-state index contributed by atoms with van der Waals surface area (Å²) < 4.78 is 26.9. The molecule has 1 aliphatic carbocycles. The number of carbonyl (C=O) groups excluding carboxylic acids is 1. The van der Waals surface area contributed by atoms with Crippen LogP contribution in [0.4, 0.5) is 14.5 Å². The van der Waals surface area contributed by atoms with Gasteiger partial charge >= 0.3 is 0 Å². The normalized spacial score (nSPS) is 22.6. The largest absolute Gasteiger partial charge is 0.396 e. The van der Waals surface area contributed by atoms with Gasteiger partial charge in [-0.2, -0.15) is 0 Å². The first-order valence-corrected chi connectivity index (χ1v) is 7.00. The number of anilines is 1. The number of carbonyl (C=O) groups is 1. The summed E-state index contributed by atoms with van der Waals surface area (Å²) in [4.78, 5) is 11.9. The van der Waals surface area contributed by atoms with E-state index in [-0.39, 0.29) is 11.3 Å². The maximum atomic E-state index is 13.7. The third-order valence-electron chi connectivity index (χ3n) is 4.00. The molecule has 20 heavy (non-hydrogen) atoms. The SMILES string of the molecule is CC1CCC(CNC(=O)c2cc(F)cc(N)c2F)CC1. The summed E-state index contributed by atoms with van der Waals surface area (Å²) >= 11 is 0. The first kappa shape index (κ1) is 14.8. The molecule has 1 aromatic rings. The van der Waals surface area contributed by atoms with Crippen LogP contribution < -0.4 is 11.1 Å². The monoisotopic (exact) mass is 282 g/mol. The van der Waals surface area contributed by atoms with E-state index in [4.69, 9.17) is 5.73 Å². The Morgan fingerprint density at radius 2 is 1.95 bits per heavy atom. The van der Waals surface area contributed by atoms with E-state index in [1.54, 1.807) is 0 Å². The van der Waals surface area contributed by atoms with Crippen molar-refractivity contribution in [3.05, 3.63) is 29.3 Å². The van der Waals surface area contributed by atoms with Crippen molar-refractivity contribution < 1.29 is 13.6 Å². The maximum Gasteiger partial charge on any atom is 0.254 e. The second-order valence-corrected chi connectivity index (χ2v) is 5.69. The molecule has 0 unspecified atom stereocenters. The molecule has 3 nitrogen and oxygen atoms in total. The molecule has 0 saturated heterocycles. The van der Waals surface area contributed by atoms with Gasteiger partial charge < -0.3 is 11.1 Å². The first-order valence-electron chi connectivity index (χ1n) is 7.00. The number of hydrogen-bond donors (Lipinski definition) is 2. The third kappa shape index (κ3) is 3.46. The summed E-state index contributed by atoms with van der Waals surface area (Å²) in [7, 11) is 0. The fraction of sp³-hybridized carbons (Fsp3) is 0.533. The minimum Gasteiger partial charge on any atom is -0.396 e. The van der Waals surface area contributed by atoms with Gasteiger partial charge in [-0.3, -0.25) is 4.79 Å². The predicted octanol–water partition coefficient (Wildman–Crippen LogP) is 3.10. The van der Waals surface area contributed by atoms with E-state index < -0.39 is 17.5 Å². The number of halogens is 2. The highest BCUT2D eigenvalue weighted by molar-refractivity contribution is 5.95. The molecule has 0 radical (unpaired) electrons. The molecule has 2 rings (SSSR count). The highest BCUT2D eigenvalue weighted by Crippen LogP contribution is 2.27. The second-order valence-electron chi connectivity index (χ2n) is 5.69. The minimum atomic E-state index is -0.860. The smallest absolute Gasteiger partial charge is 0.254 e. The maximum absolute atomic E-state index is 13.7. The molecule has 1 amide bonds. The van der Waals surface area contributed by atoms with Crippen LogP contribution in [-0.2, 0) is 0 Å². The Labute approximate surface area is 117 Å². The molecule has 0 aliphatic heterocycles. The Morgan fingerprint density at radius 3 is 2.60 bits per heavy atom.